The molecule has 1 saturated heterocycles. The number of imide groups is 1. The molecule has 2 N–H and O–H groups in total. The van der Waals surface area contributed by atoms with Crippen LogP contribution in [0.15, 0.2) is 30.3 Å². The van der Waals surface area contributed by atoms with Crippen LogP contribution < -0.4 is 10.6 Å². The van der Waals surface area contributed by atoms with Crippen molar-refractivity contribution >= 4 is 23.8 Å². The molecule has 1 fully saturated rings. The van der Waals surface area contributed by atoms with Crippen molar-refractivity contribution in [3.8, 4) is 0 Å². The summed E-state index contributed by atoms with van der Waals surface area (Å²) in [5.41, 5.74) is 4.87. The molecule has 2 aliphatic heterocycles. The molecule has 2 aromatic rings. The maximum absolute atomic E-state index is 13.0. The number of amides is 4. The number of carbonyl (C=O) groups excluding carboxylic acids is 4. The fourth-order valence-electron chi connectivity index (χ4n) is 4.72. The van der Waals surface area contributed by atoms with Crippen LogP contribution in [0.2, 0.25) is 0 Å². The summed E-state index contributed by atoms with van der Waals surface area (Å²) in [4.78, 5) is 55.4. The monoisotopic (exact) mass is 492 g/mol. The van der Waals surface area contributed by atoms with Gasteiger partial charge in [-0.25, -0.2) is 4.79 Å². The molecular weight excluding hydrogens is 460 g/mol. The summed E-state index contributed by atoms with van der Waals surface area (Å²) >= 11 is 0. The molecule has 4 rings (SSSR count). The van der Waals surface area contributed by atoms with Crippen LogP contribution in [0.4, 0.5) is 4.79 Å². The number of pyridine rings is 1. The topological polar surface area (TPSA) is 118 Å². The molecule has 0 saturated carbocycles. The number of rotatable bonds is 7. The van der Waals surface area contributed by atoms with E-state index in [9.17, 15) is 19.2 Å². The number of aryl methyl sites for hydroxylation is 2. The van der Waals surface area contributed by atoms with Gasteiger partial charge in [-0.3, -0.25) is 24.7 Å². The molecule has 3 atom stereocenters. The van der Waals surface area contributed by atoms with E-state index >= 15 is 0 Å². The predicted molar refractivity (Wildman–Crippen MR) is 132 cm³/mol. The van der Waals surface area contributed by atoms with Crippen LogP contribution in [-0.2, 0) is 27.3 Å². The molecule has 1 aromatic heterocycles. The Labute approximate surface area is 210 Å². The number of ether oxygens (including phenoxy) is 1. The molecule has 4 amide bonds. The maximum Gasteiger partial charge on any atom is 0.408 e. The van der Waals surface area contributed by atoms with E-state index in [0.29, 0.717) is 24.1 Å². The van der Waals surface area contributed by atoms with Crippen LogP contribution in [0.3, 0.4) is 0 Å². The Balaban J connectivity index is 1.38. The van der Waals surface area contributed by atoms with E-state index in [1.165, 1.54) is 10.5 Å². The van der Waals surface area contributed by atoms with Crippen molar-refractivity contribution in [3.05, 3.63) is 64.0 Å². The highest BCUT2D eigenvalue weighted by Crippen LogP contribution is 2.30. The molecule has 0 bridgehead atoms. The molecule has 2 aliphatic rings. The fraction of sp³-hybridized carbons (Fsp3) is 0.444. The number of nitrogens with zero attached hydrogens (tertiary/aromatic N) is 2. The molecule has 3 heterocycles. The highest BCUT2D eigenvalue weighted by Gasteiger charge is 2.39. The zero-order chi connectivity index (χ0) is 26.0. The zero-order valence-electron chi connectivity index (χ0n) is 21.1. The van der Waals surface area contributed by atoms with Crippen molar-refractivity contribution in [1.82, 2.24) is 20.5 Å². The van der Waals surface area contributed by atoms with Crippen LogP contribution in [0.5, 0.6) is 0 Å². The molecule has 9 nitrogen and oxygen atoms in total. The first-order valence-electron chi connectivity index (χ1n) is 12.4. The minimum atomic E-state index is -0.666. The van der Waals surface area contributed by atoms with Crippen molar-refractivity contribution in [1.29, 1.82) is 0 Å². The summed E-state index contributed by atoms with van der Waals surface area (Å²) in [5, 5.41) is 5.13. The molecule has 1 aromatic carbocycles. The first-order chi connectivity index (χ1) is 17.2. The lowest BCUT2D eigenvalue weighted by Crippen LogP contribution is -2.52. The molecule has 0 spiro atoms. The summed E-state index contributed by atoms with van der Waals surface area (Å²) in [6.45, 7) is 7.99. The van der Waals surface area contributed by atoms with Gasteiger partial charge < -0.3 is 15.0 Å². The number of aromatic nitrogens is 1. The Morgan fingerprint density at radius 1 is 1.22 bits per heavy atom. The van der Waals surface area contributed by atoms with Gasteiger partial charge in [0.1, 0.15) is 12.1 Å². The molecule has 36 heavy (non-hydrogen) atoms. The van der Waals surface area contributed by atoms with Crippen LogP contribution >= 0.6 is 0 Å². The molecule has 0 aliphatic carbocycles. The smallest absolute Gasteiger partial charge is 0.408 e. The molecule has 0 radical (unpaired) electrons. The van der Waals surface area contributed by atoms with Crippen molar-refractivity contribution in [2.45, 2.75) is 78.1 Å². The van der Waals surface area contributed by atoms with Crippen LogP contribution in [0.1, 0.15) is 90.6 Å². The zero-order valence-corrected chi connectivity index (χ0v) is 21.1. The molecular formula is C27H32N4O5. The Morgan fingerprint density at radius 2 is 2.00 bits per heavy atom. The van der Waals surface area contributed by atoms with Crippen molar-refractivity contribution < 1.29 is 23.9 Å². The quantitative estimate of drug-likeness (QED) is 0.570. The van der Waals surface area contributed by atoms with Gasteiger partial charge in [-0.2, -0.15) is 0 Å². The van der Waals surface area contributed by atoms with Gasteiger partial charge >= 0.3 is 6.09 Å². The van der Waals surface area contributed by atoms with Gasteiger partial charge in [0.15, 0.2) is 0 Å². The Kier molecular flexibility index (Phi) is 7.37. The van der Waals surface area contributed by atoms with E-state index in [4.69, 9.17) is 4.74 Å². The van der Waals surface area contributed by atoms with Gasteiger partial charge in [-0.15, -0.1) is 0 Å². The summed E-state index contributed by atoms with van der Waals surface area (Å²) in [6, 6.07) is 8.32. The van der Waals surface area contributed by atoms with Gasteiger partial charge in [-0.05, 0) is 62.4 Å². The second-order valence-corrected chi connectivity index (χ2v) is 9.46. The van der Waals surface area contributed by atoms with E-state index in [-0.39, 0.29) is 24.3 Å². The highest BCUT2D eigenvalue weighted by atomic mass is 16.6. The summed E-state index contributed by atoms with van der Waals surface area (Å²) < 4.78 is 5.58. The van der Waals surface area contributed by atoms with Gasteiger partial charge in [0.05, 0.1) is 11.7 Å². The number of fused-ring (bicyclic) bond motifs is 1. The molecule has 3 unspecified atom stereocenters. The van der Waals surface area contributed by atoms with Gasteiger partial charge in [0.2, 0.25) is 11.8 Å². The van der Waals surface area contributed by atoms with Crippen LogP contribution in [0, 0.1) is 6.92 Å². The lowest BCUT2D eigenvalue weighted by atomic mass is 10.0. The summed E-state index contributed by atoms with van der Waals surface area (Å²) in [5.74, 6) is -1.03. The highest BCUT2D eigenvalue weighted by molar-refractivity contribution is 6.05. The lowest BCUT2D eigenvalue weighted by molar-refractivity contribution is -0.136. The van der Waals surface area contributed by atoms with E-state index in [2.05, 4.69) is 22.5 Å². The molecule has 9 heteroatoms. The van der Waals surface area contributed by atoms with Gasteiger partial charge in [0.25, 0.3) is 5.91 Å². The van der Waals surface area contributed by atoms with Crippen LogP contribution in [-0.4, -0.2) is 39.7 Å². The van der Waals surface area contributed by atoms with Crippen molar-refractivity contribution in [2.75, 3.05) is 0 Å². The van der Waals surface area contributed by atoms with Crippen LogP contribution in [0.25, 0.3) is 0 Å². The summed E-state index contributed by atoms with van der Waals surface area (Å²) in [6.07, 6.45) is 1.35. The van der Waals surface area contributed by atoms with E-state index in [1.807, 2.05) is 38.1 Å². The lowest BCUT2D eigenvalue weighted by Gasteiger charge is -2.29. The van der Waals surface area contributed by atoms with E-state index < -0.39 is 24.1 Å². The SMILES string of the molecule is CCCc1ccc(C(C)NC(=O)OC(C)c2ccc3c(c2)C(=O)N(C2CCC(=O)NC2=O)C3)nc1C. The number of piperidine rings is 1. The third-order valence-corrected chi connectivity index (χ3v) is 6.82. The van der Waals surface area contributed by atoms with Crippen molar-refractivity contribution in [3.63, 3.8) is 0 Å². The third-order valence-electron chi connectivity index (χ3n) is 6.82. The van der Waals surface area contributed by atoms with E-state index in [0.717, 1.165) is 29.8 Å². The largest absolute Gasteiger partial charge is 0.442 e. The molecule has 190 valence electrons. The first kappa shape index (κ1) is 25.3. The average molecular weight is 493 g/mol. The normalized spacial score (nSPS) is 18.9. The summed E-state index contributed by atoms with van der Waals surface area (Å²) in [7, 11) is 0. The Hall–Kier alpha value is -3.75. The minimum absolute atomic E-state index is 0.207. The number of hydrogen-bond acceptors (Lipinski definition) is 6. The van der Waals surface area contributed by atoms with Gasteiger partial charge in [0, 0.05) is 24.2 Å². The number of benzene rings is 1. The standard InChI is InChI=1S/C27H32N4O5/c1-5-6-18-9-10-22(28-15(18)2)16(3)29-27(35)36-17(4)19-7-8-20-14-31(26(34)21(20)13-19)23-11-12-24(32)30-25(23)33/h7-10,13,16-17,23H,5-6,11-12,14H2,1-4H3,(H,29,35)(H,30,32,33). The maximum atomic E-state index is 13.0. The second kappa shape index (κ2) is 10.5. The number of hydrogen-bond donors (Lipinski definition) is 2. The van der Waals surface area contributed by atoms with Crippen molar-refractivity contribution in [2.24, 2.45) is 0 Å². The number of alkyl carbamates (subject to hydrolysis) is 1. The Morgan fingerprint density at radius 3 is 2.69 bits per heavy atom. The first-order valence-corrected chi connectivity index (χ1v) is 12.4. The fourth-order valence-corrected chi connectivity index (χ4v) is 4.72. The van der Waals surface area contributed by atoms with Gasteiger partial charge in [-0.1, -0.05) is 31.5 Å². The predicted octanol–water partition coefficient (Wildman–Crippen LogP) is 3.65. The third kappa shape index (κ3) is 5.24. The minimum Gasteiger partial charge on any atom is -0.442 e. The number of nitrogens with one attached hydrogen (secondary N) is 2. The van der Waals surface area contributed by atoms with E-state index in [1.54, 1.807) is 13.0 Å². The second-order valence-electron chi connectivity index (χ2n) is 9.46. The Bertz CT molecular complexity index is 1210. The number of carbonyl (C=O) groups is 4. The average Bonchev–Trinajstić information content (AvgIpc) is 3.15.